The maximum atomic E-state index is 13.5. The fraction of sp³-hybridized carbons (Fsp3) is 0.154. The van der Waals surface area contributed by atoms with Crippen molar-refractivity contribution < 1.29 is 18.7 Å². The van der Waals surface area contributed by atoms with Crippen molar-refractivity contribution in [3.05, 3.63) is 100 Å². The first-order valence-electron chi connectivity index (χ1n) is 10.2. The smallest absolute Gasteiger partial charge is 0.278 e. The van der Waals surface area contributed by atoms with Crippen molar-refractivity contribution in [2.45, 2.75) is 20.4 Å². The Morgan fingerprint density at radius 3 is 2.09 bits per heavy atom. The topological polar surface area (TPSA) is 58.6 Å². The molecule has 0 saturated heterocycles. The summed E-state index contributed by atoms with van der Waals surface area (Å²) >= 11 is 0. The average Bonchev–Trinajstić information content (AvgIpc) is 2.98. The van der Waals surface area contributed by atoms with Gasteiger partial charge in [-0.2, -0.15) is 0 Å². The second-order valence-corrected chi connectivity index (χ2v) is 7.80. The number of carbonyl (C=O) groups is 2. The van der Waals surface area contributed by atoms with Gasteiger partial charge in [0.15, 0.2) is 0 Å². The summed E-state index contributed by atoms with van der Waals surface area (Å²) in [4.78, 5) is 27.9. The fourth-order valence-electron chi connectivity index (χ4n) is 3.82. The molecular weight excluding hydrogens is 407 g/mol. The molecule has 0 aromatic heterocycles. The third-order valence-electron chi connectivity index (χ3n) is 5.29. The number of anilines is 1. The van der Waals surface area contributed by atoms with Gasteiger partial charge < -0.3 is 10.1 Å². The van der Waals surface area contributed by atoms with Crippen LogP contribution in [0.4, 0.5) is 10.1 Å². The molecule has 0 unspecified atom stereocenters. The van der Waals surface area contributed by atoms with Crippen molar-refractivity contribution in [3.63, 3.8) is 0 Å². The van der Waals surface area contributed by atoms with Crippen LogP contribution >= 0.6 is 0 Å². The molecule has 0 spiro atoms. The molecule has 1 aliphatic heterocycles. The number of rotatable bonds is 6. The normalized spacial score (nSPS) is 13.7. The molecule has 2 amide bonds. The zero-order valence-electron chi connectivity index (χ0n) is 18.1. The van der Waals surface area contributed by atoms with Gasteiger partial charge in [0, 0.05) is 5.69 Å². The second kappa shape index (κ2) is 8.67. The van der Waals surface area contributed by atoms with Gasteiger partial charge in [-0.1, -0.05) is 30.3 Å². The minimum atomic E-state index is -0.427. The molecule has 0 fully saturated rings. The van der Waals surface area contributed by atoms with Crippen LogP contribution in [0.1, 0.15) is 22.3 Å². The summed E-state index contributed by atoms with van der Waals surface area (Å²) in [5, 5.41) is 3.15. The Labute approximate surface area is 186 Å². The highest BCUT2D eigenvalue weighted by molar-refractivity contribution is 6.36. The van der Waals surface area contributed by atoms with E-state index in [2.05, 4.69) is 5.32 Å². The number of amides is 2. The molecular formula is C26H23FN2O3. The van der Waals surface area contributed by atoms with Crippen LogP contribution in [0.3, 0.4) is 0 Å². The van der Waals surface area contributed by atoms with Crippen LogP contribution in [-0.2, 0) is 16.1 Å². The Bertz CT molecular complexity index is 1190. The van der Waals surface area contributed by atoms with Crippen molar-refractivity contribution in [2.75, 3.05) is 12.4 Å². The third kappa shape index (κ3) is 4.25. The molecule has 0 radical (unpaired) electrons. The molecule has 0 atom stereocenters. The number of ether oxygens (including phenoxy) is 1. The van der Waals surface area contributed by atoms with Crippen LogP contribution in [0.25, 0.3) is 5.57 Å². The maximum absolute atomic E-state index is 13.5. The highest BCUT2D eigenvalue weighted by atomic mass is 19.1. The predicted octanol–water partition coefficient (Wildman–Crippen LogP) is 4.84. The molecule has 32 heavy (non-hydrogen) atoms. The van der Waals surface area contributed by atoms with Gasteiger partial charge in [0.05, 0.1) is 19.2 Å². The minimum absolute atomic E-state index is 0.115. The number of hydrogen-bond acceptors (Lipinski definition) is 4. The van der Waals surface area contributed by atoms with Gasteiger partial charge in [-0.05, 0) is 72.5 Å². The zero-order valence-corrected chi connectivity index (χ0v) is 18.1. The number of halogens is 1. The largest absolute Gasteiger partial charge is 0.497 e. The summed E-state index contributed by atoms with van der Waals surface area (Å²) in [5.74, 6) is -0.575. The highest BCUT2D eigenvalue weighted by Gasteiger charge is 2.39. The predicted molar refractivity (Wildman–Crippen MR) is 121 cm³/mol. The SMILES string of the molecule is COc1ccc(CN2C(=O)C(Nc3cc(C)cc(C)c3)=C(c3ccc(F)cc3)C2=O)cc1. The van der Waals surface area contributed by atoms with Crippen LogP contribution in [0.2, 0.25) is 0 Å². The molecule has 1 heterocycles. The van der Waals surface area contributed by atoms with Gasteiger partial charge in [-0.25, -0.2) is 4.39 Å². The van der Waals surface area contributed by atoms with Crippen LogP contribution in [0.15, 0.2) is 72.4 Å². The lowest BCUT2D eigenvalue weighted by molar-refractivity contribution is -0.137. The second-order valence-electron chi connectivity index (χ2n) is 7.80. The van der Waals surface area contributed by atoms with E-state index in [-0.39, 0.29) is 17.8 Å². The van der Waals surface area contributed by atoms with Crippen LogP contribution < -0.4 is 10.1 Å². The summed E-state index contributed by atoms with van der Waals surface area (Å²) in [6.07, 6.45) is 0. The van der Waals surface area contributed by atoms with E-state index in [1.165, 1.54) is 29.2 Å². The van der Waals surface area contributed by atoms with E-state index in [9.17, 15) is 14.0 Å². The Balaban J connectivity index is 1.72. The maximum Gasteiger partial charge on any atom is 0.278 e. The molecule has 3 aromatic carbocycles. The number of imide groups is 1. The molecule has 162 valence electrons. The molecule has 0 saturated carbocycles. The van der Waals surface area contributed by atoms with Crippen molar-refractivity contribution in [2.24, 2.45) is 0 Å². The number of carbonyl (C=O) groups excluding carboxylic acids is 2. The zero-order chi connectivity index (χ0) is 22.8. The number of hydrogen-bond donors (Lipinski definition) is 1. The Hall–Kier alpha value is -3.93. The van der Waals surface area contributed by atoms with Gasteiger partial charge in [0.2, 0.25) is 0 Å². The lowest BCUT2D eigenvalue weighted by Gasteiger charge is -2.16. The van der Waals surface area contributed by atoms with E-state index in [1.807, 2.05) is 44.2 Å². The molecule has 4 rings (SSSR count). The summed E-state index contributed by atoms with van der Waals surface area (Å²) < 4.78 is 18.7. The van der Waals surface area contributed by atoms with E-state index in [0.717, 1.165) is 16.7 Å². The first kappa shape index (κ1) is 21.3. The standard InChI is InChI=1S/C26H23FN2O3/c1-16-12-17(2)14-21(13-16)28-24-23(19-6-8-20(27)9-7-19)25(30)29(26(24)31)15-18-4-10-22(32-3)11-5-18/h4-14,28H,15H2,1-3H3. The highest BCUT2D eigenvalue weighted by Crippen LogP contribution is 2.32. The average molecular weight is 430 g/mol. The van der Waals surface area contributed by atoms with E-state index < -0.39 is 17.6 Å². The quantitative estimate of drug-likeness (QED) is 0.569. The Morgan fingerprint density at radius 1 is 0.875 bits per heavy atom. The van der Waals surface area contributed by atoms with Gasteiger partial charge in [0.1, 0.15) is 17.3 Å². The number of aryl methyl sites for hydroxylation is 2. The Kier molecular flexibility index (Phi) is 5.77. The molecule has 3 aromatic rings. The first-order valence-corrected chi connectivity index (χ1v) is 10.2. The minimum Gasteiger partial charge on any atom is -0.497 e. The van der Waals surface area contributed by atoms with Crippen molar-refractivity contribution >= 4 is 23.1 Å². The Morgan fingerprint density at radius 2 is 1.50 bits per heavy atom. The van der Waals surface area contributed by atoms with Gasteiger partial charge >= 0.3 is 0 Å². The molecule has 6 heteroatoms. The van der Waals surface area contributed by atoms with Crippen LogP contribution in [0.5, 0.6) is 5.75 Å². The van der Waals surface area contributed by atoms with Crippen molar-refractivity contribution in [1.29, 1.82) is 0 Å². The molecule has 0 bridgehead atoms. The summed E-state index contributed by atoms with van der Waals surface area (Å²) in [5.41, 5.74) is 4.45. The van der Waals surface area contributed by atoms with E-state index >= 15 is 0 Å². The number of benzene rings is 3. The summed E-state index contributed by atoms with van der Waals surface area (Å²) in [6, 6.07) is 18.6. The number of methoxy groups -OCH3 is 1. The van der Waals surface area contributed by atoms with Crippen LogP contribution in [0, 0.1) is 19.7 Å². The molecule has 5 nitrogen and oxygen atoms in total. The van der Waals surface area contributed by atoms with Gasteiger partial charge in [-0.3, -0.25) is 14.5 Å². The van der Waals surface area contributed by atoms with Crippen molar-refractivity contribution in [3.8, 4) is 5.75 Å². The number of nitrogens with one attached hydrogen (secondary N) is 1. The molecule has 1 aliphatic rings. The van der Waals surface area contributed by atoms with Crippen molar-refractivity contribution in [1.82, 2.24) is 4.90 Å². The van der Waals surface area contributed by atoms with E-state index in [4.69, 9.17) is 4.74 Å². The summed E-state index contributed by atoms with van der Waals surface area (Å²) in [6.45, 7) is 4.04. The van der Waals surface area contributed by atoms with Gasteiger partial charge in [-0.15, -0.1) is 0 Å². The lowest BCUT2D eigenvalue weighted by atomic mass is 10.0. The third-order valence-corrected chi connectivity index (χ3v) is 5.29. The fourth-order valence-corrected chi connectivity index (χ4v) is 3.82. The first-order chi connectivity index (χ1) is 15.4. The molecule has 1 N–H and O–H groups in total. The van der Waals surface area contributed by atoms with E-state index in [1.54, 1.807) is 19.2 Å². The van der Waals surface area contributed by atoms with Crippen LogP contribution in [-0.4, -0.2) is 23.8 Å². The van der Waals surface area contributed by atoms with Gasteiger partial charge in [0.25, 0.3) is 11.8 Å². The monoisotopic (exact) mass is 430 g/mol. The lowest BCUT2D eigenvalue weighted by Crippen LogP contribution is -2.32. The molecule has 0 aliphatic carbocycles. The number of nitrogens with zero attached hydrogens (tertiary/aromatic N) is 1. The summed E-state index contributed by atoms with van der Waals surface area (Å²) in [7, 11) is 1.58. The van der Waals surface area contributed by atoms with E-state index in [0.29, 0.717) is 17.0 Å².